The summed E-state index contributed by atoms with van der Waals surface area (Å²) >= 11 is 0. The summed E-state index contributed by atoms with van der Waals surface area (Å²) in [4.78, 5) is 11.5. The highest BCUT2D eigenvalue weighted by Crippen LogP contribution is 2.34. The highest BCUT2D eigenvalue weighted by Gasteiger charge is 2.31. The fourth-order valence-electron chi connectivity index (χ4n) is 3.59. The van der Waals surface area contributed by atoms with Crippen LogP contribution >= 0.6 is 0 Å². The normalized spacial score (nSPS) is 16.5. The molecule has 0 aliphatic carbocycles. The predicted octanol–water partition coefficient (Wildman–Crippen LogP) is 3.17. The number of hydrazone groups is 1. The molecule has 0 bridgehead atoms. The lowest BCUT2D eigenvalue weighted by molar-refractivity contribution is -0.121. The van der Waals surface area contributed by atoms with Gasteiger partial charge in [-0.15, -0.1) is 0 Å². The third-order valence-electron chi connectivity index (χ3n) is 5.05. The van der Waals surface area contributed by atoms with Crippen LogP contribution in [-0.4, -0.2) is 40.3 Å². The molecule has 1 atom stereocenters. The molecular weight excluding hydrogens is 418 g/mol. The van der Waals surface area contributed by atoms with E-state index in [1.165, 1.54) is 24.6 Å². The van der Waals surface area contributed by atoms with E-state index >= 15 is 0 Å². The Morgan fingerprint density at radius 1 is 1.10 bits per heavy atom. The van der Waals surface area contributed by atoms with Crippen molar-refractivity contribution in [2.45, 2.75) is 38.1 Å². The number of amides is 1. The van der Waals surface area contributed by atoms with Crippen LogP contribution in [0.2, 0.25) is 0 Å². The minimum absolute atomic E-state index is 0.0226. The van der Waals surface area contributed by atoms with Gasteiger partial charge in [0.2, 0.25) is 5.91 Å². The minimum Gasteiger partial charge on any atom is -0.497 e. The second-order valence-corrected chi connectivity index (χ2v) is 9.38. The Hall–Kier alpha value is -3.07. The summed E-state index contributed by atoms with van der Waals surface area (Å²) in [5.74, 6) is 0.525. The summed E-state index contributed by atoms with van der Waals surface area (Å²) in [6.07, 6.45) is 0.364. The third-order valence-corrected chi connectivity index (χ3v) is 7.08. The topological polar surface area (TPSA) is 97.3 Å². The van der Waals surface area contributed by atoms with E-state index in [0.717, 1.165) is 11.3 Å². The van der Waals surface area contributed by atoms with Gasteiger partial charge in [0, 0.05) is 24.4 Å². The molecule has 1 aliphatic rings. The predicted molar refractivity (Wildman–Crippen MR) is 119 cm³/mol. The Bertz CT molecular complexity index is 1090. The largest absolute Gasteiger partial charge is 0.497 e. The van der Waals surface area contributed by atoms with Crippen LogP contribution in [0.5, 0.6) is 11.5 Å². The zero-order valence-corrected chi connectivity index (χ0v) is 19.1. The van der Waals surface area contributed by atoms with Crippen molar-refractivity contribution in [3.8, 4) is 11.5 Å². The van der Waals surface area contributed by atoms with Crippen LogP contribution in [0.15, 0.2) is 52.5 Å². The van der Waals surface area contributed by atoms with Crippen molar-refractivity contribution < 1.29 is 22.7 Å². The van der Waals surface area contributed by atoms with E-state index in [1.807, 2.05) is 19.1 Å². The molecule has 0 saturated heterocycles. The SMILES string of the molecule is COc1ccc(OC)c(S(=O)(=O)N(c2ccc(C3=NNC(=O)CC3C)cc2)C(C)C)c1. The molecule has 1 heterocycles. The summed E-state index contributed by atoms with van der Waals surface area (Å²) in [7, 11) is -1.03. The van der Waals surface area contributed by atoms with Crippen molar-refractivity contribution in [2.75, 3.05) is 18.5 Å². The summed E-state index contributed by atoms with van der Waals surface area (Å²) in [5, 5.41) is 4.16. The Balaban J connectivity index is 2.02. The van der Waals surface area contributed by atoms with E-state index < -0.39 is 10.0 Å². The van der Waals surface area contributed by atoms with E-state index in [2.05, 4.69) is 10.5 Å². The van der Waals surface area contributed by atoms with Crippen molar-refractivity contribution in [2.24, 2.45) is 11.0 Å². The zero-order valence-electron chi connectivity index (χ0n) is 18.2. The van der Waals surface area contributed by atoms with Crippen molar-refractivity contribution in [1.82, 2.24) is 5.43 Å². The van der Waals surface area contributed by atoms with Crippen molar-refractivity contribution in [3.63, 3.8) is 0 Å². The van der Waals surface area contributed by atoms with Crippen LogP contribution in [0.25, 0.3) is 0 Å². The Morgan fingerprint density at radius 2 is 1.77 bits per heavy atom. The van der Waals surface area contributed by atoms with E-state index in [1.54, 1.807) is 38.1 Å². The Kier molecular flexibility index (Phi) is 6.54. The van der Waals surface area contributed by atoms with Gasteiger partial charge in [-0.25, -0.2) is 13.8 Å². The van der Waals surface area contributed by atoms with Crippen LogP contribution < -0.4 is 19.2 Å². The minimum atomic E-state index is -3.94. The quantitative estimate of drug-likeness (QED) is 0.706. The number of hydrogen-bond acceptors (Lipinski definition) is 6. The molecule has 0 saturated carbocycles. The number of sulfonamides is 1. The summed E-state index contributed by atoms with van der Waals surface area (Å²) in [5.41, 5.74) is 4.61. The van der Waals surface area contributed by atoms with Crippen LogP contribution in [-0.2, 0) is 14.8 Å². The van der Waals surface area contributed by atoms with E-state index in [9.17, 15) is 13.2 Å². The van der Waals surface area contributed by atoms with Crippen LogP contribution in [0.3, 0.4) is 0 Å². The first-order valence-corrected chi connectivity index (χ1v) is 11.4. The number of carbonyl (C=O) groups excluding carboxylic acids is 1. The van der Waals surface area contributed by atoms with Gasteiger partial charge in [0.25, 0.3) is 10.0 Å². The lowest BCUT2D eigenvalue weighted by atomic mass is 9.94. The van der Waals surface area contributed by atoms with Gasteiger partial charge in [-0.1, -0.05) is 19.1 Å². The molecular formula is C22H27N3O5S. The smallest absolute Gasteiger partial charge is 0.268 e. The second-order valence-electron chi connectivity index (χ2n) is 7.60. The van der Waals surface area contributed by atoms with Gasteiger partial charge in [-0.05, 0) is 43.7 Å². The van der Waals surface area contributed by atoms with E-state index in [-0.39, 0.29) is 28.5 Å². The molecule has 0 spiro atoms. The molecule has 9 heteroatoms. The third kappa shape index (κ3) is 4.51. The lowest BCUT2D eigenvalue weighted by Gasteiger charge is -2.29. The molecule has 1 unspecified atom stereocenters. The molecule has 31 heavy (non-hydrogen) atoms. The maximum Gasteiger partial charge on any atom is 0.268 e. The van der Waals surface area contributed by atoms with Gasteiger partial charge < -0.3 is 9.47 Å². The number of methoxy groups -OCH3 is 2. The first-order chi connectivity index (χ1) is 14.7. The molecule has 1 aliphatic heterocycles. The maximum absolute atomic E-state index is 13.6. The Labute approximate surface area is 182 Å². The van der Waals surface area contributed by atoms with Crippen LogP contribution in [0.1, 0.15) is 32.8 Å². The number of nitrogens with zero attached hydrogens (tertiary/aromatic N) is 2. The molecule has 0 fully saturated rings. The average molecular weight is 446 g/mol. The fourth-order valence-corrected chi connectivity index (χ4v) is 5.42. The zero-order chi connectivity index (χ0) is 22.8. The number of ether oxygens (including phenoxy) is 2. The average Bonchev–Trinajstić information content (AvgIpc) is 2.73. The molecule has 2 aromatic carbocycles. The second kappa shape index (κ2) is 8.97. The van der Waals surface area contributed by atoms with Gasteiger partial charge in [-0.2, -0.15) is 5.10 Å². The van der Waals surface area contributed by atoms with Gasteiger partial charge >= 0.3 is 0 Å². The molecule has 2 aromatic rings. The molecule has 3 rings (SSSR count). The summed E-state index contributed by atoms with van der Waals surface area (Å²) in [6, 6.07) is 11.4. The fraction of sp³-hybridized carbons (Fsp3) is 0.364. The van der Waals surface area contributed by atoms with Gasteiger partial charge in [0.05, 0.1) is 25.6 Å². The number of benzene rings is 2. The molecule has 1 N–H and O–H groups in total. The maximum atomic E-state index is 13.6. The van der Waals surface area contributed by atoms with Crippen molar-refractivity contribution >= 4 is 27.3 Å². The number of anilines is 1. The molecule has 8 nitrogen and oxygen atoms in total. The highest BCUT2D eigenvalue weighted by molar-refractivity contribution is 7.93. The van der Waals surface area contributed by atoms with E-state index in [4.69, 9.17) is 9.47 Å². The molecule has 166 valence electrons. The monoisotopic (exact) mass is 445 g/mol. The molecule has 0 aromatic heterocycles. The van der Waals surface area contributed by atoms with Crippen LogP contribution in [0, 0.1) is 5.92 Å². The van der Waals surface area contributed by atoms with Crippen LogP contribution in [0.4, 0.5) is 5.69 Å². The number of nitrogens with one attached hydrogen (secondary N) is 1. The number of hydrogen-bond donors (Lipinski definition) is 1. The van der Waals surface area contributed by atoms with Gasteiger partial charge in [0.15, 0.2) is 0 Å². The Morgan fingerprint density at radius 3 is 2.32 bits per heavy atom. The van der Waals surface area contributed by atoms with Crippen molar-refractivity contribution in [1.29, 1.82) is 0 Å². The van der Waals surface area contributed by atoms with Crippen molar-refractivity contribution in [3.05, 3.63) is 48.0 Å². The lowest BCUT2D eigenvalue weighted by Crippen LogP contribution is -2.37. The number of rotatable bonds is 7. The standard InChI is InChI=1S/C22H27N3O5S/c1-14(2)25(31(27,28)20-13-18(29-4)10-11-19(20)30-5)17-8-6-16(7-9-17)22-15(3)12-21(26)23-24-22/h6-11,13-15H,12H2,1-5H3,(H,23,26). The molecule has 1 amide bonds. The molecule has 0 radical (unpaired) electrons. The first kappa shape index (κ1) is 22.6. The first-order valence-electron chi connectivity index (χ1n) is 9.92. The highest BCUT2D eigenvalue weighted by atomic mass is 32.2. The van der Waals surface area contributed by atoms with E-state index in [0.29, 0.717) is 17.9 Å². The summed E-state index contributed by atoms with van der Waals surface area (Å²) < 4.78 is 39.1. The van der Waals surface area contributed by atoms with Gasteiger partial charge in [-0.3, -0.25) is 9.10 Å². The summed E-state index contributed by atoms with van der Waals surface area (Å²) in [6.45, 7) is 5.55. The number of carbonyl (C=O) groups is 1. The van der Waals surface area contributed by atoms with Gasteiger partial charge in [0.1, 0.15) is 16.4 Å².